The van der Waals surface area contributed by atoms with Crippen LogP contribution in [0.3, 0.4) is 0 Å². The van der Waals surface area contributed by atoms with Gasteiger partial charge in [0.25, 0.3) is 0 Å². The van der Waals surface area contributed by atoms with Gasteiger partial charge in [0.05, 0.1) is 5.57 Å². The van der Waals surface area contributed by atoms with Gasteiger partial charge in [-0.3, -0.25) is 0 Å². The number of hydrogen-bond acceptors (Lipinski definition) is 2. The van der Waals surface area contributed by atoms with Crippen LogP contribution in [0.5, 0.6) is 0 Å². The van der Waals surface area contributed by atoms with Crippen LogP contribution in [0, 0.1) is 6.92 Å². The fourth-order valence-corrected chi connectivity index (χ4v) is 3.71. The van der Waals surface area contributed by atoms with Crippen LogP contribution < -0.4 is 0 Å². The molecule has 1 heterocycles. The Kier molecular flexibility index (Phi) is 3.84. The van der Waals surface area contributed by atoms with Gasteiger partial charge in [0.2, 0.25) is 0 Å². The van der Waals surface area contributed by atoms with Crippen LogP contribution in [-0.2, 0) is 9.53 Å². The lowest BCUT2D eigenvalue weighted by molar-refractivity contribution is -0.130. The third-order valence-corrected chi connectivity index (χ3v) is 5.17. The Labute approximate surface area is 163 Å². The SMILES string of the molecule is Cc1ccc(C2=CC(=Cc3c4ccccc4cc4ccccc34)C(=O)O2)cc1. The number of aryl methyl sites for hydroxylation is 1. The number of carbonyl (C=O) groups excluding carboxylic acids is 1. The van der Waals surface area contributed by atoms with Crippen LogP contribution in [0.15, 0.2) is 90.5 Å². The minimum atomic E-state index is -0.312. The third-order valence-electron chi connectivity index (χ3n) is 5.17. The molecule has 134 valence electrons. The zero-order valence-electron chi connectivity index (χ0n) is 15.5. The van der Waals surface area contributed by atoms with Gasteiger partial charge in [0.15, 0.2) is 0 Å². The normalized spacial score (nSPS) is 15.2. The maximum absolute atomic E-state index is 12.6. The first-order valence-electron chi connectivity index (χ1n) is 9.32. The van der Waals surface area contributed by atoms with Gasteiger partial charge in [-0.25, -0.2) is 4.79 Å². The molecule has 4 aromatic carbocycles. The molecule has 5 rings (SSSR count). The summed E-state index contributed by atoms with van der Waals surface area (Å²) in [5.41, 5.74) is 3.69. The van der Waals surface area contributed by atoms with Crippen molar-refractivity contribution >= 4 is 39.3 Å². The van der Waals surface area contributed by atoms with E-state index < -0.39 is 0 Å². The summed E-state index contributed by atoms with van der Waals surface area (Å²) in [6, 6.07) is 26.7. The second-order valence-electron chi connectivity index (χ2n) is 7.10. The Balaban J connectivity index is 1.70. The quantitative estimate of drug-likeness (QED) is 0.238. The second kappa shape index (κ2) is 6.50. The lowest BCUT2D eigenvalue weighted by Crippen LogP contribution is -1.97. The van der Waals surface area contributed by atoms with Gasteiger partial charge < -0.3 is 4.74 Å². The molecule has 1 aliphatic rings. The number of fused-ring (bicyclic) bond motifs is 2. The summed E-state index contributed by atoms with van der Waals surface area (Å²) >= 11 is 0. The van der Waals surface area contributed by atoms with Gasteiger partial charge in [0.1, 0.15) is 5.76 Å². The number of cyclic esters (lactones) is 1. The summed E-state index contributed by atoms with van der Waals surface area (Å²) < 4.78 is 5.55. The molecule has 2 heteroatoms. The van der Waals surface area contributed by atoms with E-state index in [4.69, 9.17) is 4.74 Å². The van der Waals surface area contributed by atoms with Crippen LogP contribution in [0.2, 0.25) is 0 Å². The smallest absolute Gasteiger partial charge is 0.343 e. The molecule has 2 nitrogen and oxygen atoms in total. The monoisotopic (exact) mass is 362 g/mol. The molecule has 0 radical (unpaired) electrons. The highest BCUT2D eigenvalue weighted by Gasteiger charge is 2.22. The summed E-state index contributed by atoms with van der Waals surface area (Å²) in [6.07, 6.45) is 3.79. The van der Waals surface area contributed by atoms with Gasteiger partial charge in [-0.05, 0) is 52.3 Å². The number of ether oxygens (including phenoxy) is 1. The Morgan fingerprint density at radius 2 is 1.39 bits per heavy atom. The predicted octanol–water partition coefficient (Wildman–Crippen LogP) is 6.28. The van der Waals surface area contributed by atoms with E-state index in [-0.39, 0.29) is 5.97 Å². The molecule has 0 amide bonds. The minimum Gasteiger partial charge on any atom is -0.422 e. The Morgan fingerprint density at radius 3 is 2.04 bits per heavy atom. The van der Waals surface area contributed by atoms with Gasteiger partial charge in [-0.1, -0.05) is 78.4 Å². The van der Waals surface area contributed by atoms with Gasteiger partial charge in [0, 0.05) is 5.56 Å². The van der Waals surface area contributed by atoms with Crippen LogP contribution in [0.25, 0.3) is 33.4 Å². The van der Waals surface area contributed by atoms with E-state index in [0.29, 0.717) is 11.3 Å². The molecule has 0 aromatic heterocycles. The lowest BCUT2D eigenvalue weighted by Gasteiger charge is -2.08. The van der Waals surface area contributed by atoms with Crippen molar-refractivity contribution < 1.29 is 9.53 Å². The minimum absolute atomic E-state index is 0.312. The van der Waals surface area contributed by atoms with E-state index in [2.05, 4.69) is 30.3 Å². The van der Waals surface area contributed by atoms with E-state index in [1.807, 2.05) is 67.6 Å². The third kappa shape index (κ3) is 2.80. The highest BCUT2D eigenvalue weighted by atomic mass is 16.5. The molecule has 0 N–H and O–H groups in total. The van der Waals surface area contributed by atoms with E-state index in [1.165, 1.54) is 5.56 Å². The van der Waals surface area contributed by atoms with E-state index >= 15 is 0 Å². The molecule has 0 fully saturated rings. The molecule has 1 aliphatic heterocycles. The fourth-order valence-electron chi connectivity index (χ4n) is 3.71. The van der Waals surface area contributed by atoms with Crippen molar-refractivity contribution in [2.24, 2.45) is 0 Å². The molecular formula is C26H18O2. The zero-order chi connectivity index (χ0) is 19.1. The Hall–Kier alpha value is -3.65. The summed E-state index contributed by atoms with van der Waals surface area (Å²) in [6.45, 7) is 2.04. The average molecular weight is 362 g/mol. The summed E-state index contributed by atoms with van der Waals surface area (Å²) in [5, 5.41) is 4.56. The summed E-state index contributed by atoms with van der Waals surface area (Å²) in [4.78, 5) is 12.6. The first kappa shape index (κ1) is 16.5. The zero-order valence-corrected chi connectivity index (χ0v) is 15.5. The van der Waals surface area contributed by atoms with Crippen LogP contribution in [-0.4, -0.2) is 5.97 Å². The van der Waals surface area contributed by atoms with Gasteiger partial charge in [-0.2, -0.15) is 0 Å². The van der Waals surface area contributed by atoms with E-state index in [0.717, 1.165) is 32.7 Å². The van der Waals surface area contributed by atoms with Crippen molar-refractivity contribution in [2.45, 2.75) is 6.92 Å². The number of carbonyl (C=O) groups is 1. The van der Waals surface area contributed by atoms with Crippen molar-refractivity contribution in [2.75, 3.05) is 0 Å². The largest absolute Gasteiger partial charge is 0.422 e. The van der Waals surface area contributed by atoms with Crippen molar-refractivity contribution in [3.05, 3.63) is 107 Å². The summed E-state index contributed by atoms with van der Waals surface area (Å²) in [5.74, 6) is 0.286. The van der Waals surface area contributed by atoms with Crippen molar-refractivity contribution in [3.63, 3.8) is 0 Å². The Bertz CT molecular complexity index is 1240. The molecule has 0 spiro atoms. The predicted molar refractivity (Wildman–Crippen MR) is 115 cm³/mol. The molecule has 28 heavy (non-hydrogen) atoms. The molecule has 0 saturated carbocycles. The van der Waals surface area contributed by atoms with Gasteiger partial charge in [-0.15, -0.1) is 0 Å². The maximum atomic E-state index is 12.6. The standard InChI is InChI=1S/C26H18O2/c1-17-10-12-18(13-11-17)25-16-21(26(27)28-25)15-24-22-8-4-2-6-19(22)14-20-7-3-5-9-23(20)24/h2-16H,1H3. The van der Waals surface area contributed by atoms with Crippen molar-refractivity contribution in [3.8, 4) is 0 Å². The average Bonchev–Trinajstić information content (AvgIpc) is 3.08. The molecule has 0 aliphatic carbocycles. The highest BCUT2D eigenvalue weighted by molar-refractivity contribution is 6.12. The van der Waals surface area contributed by atoms with Gasteiger partial charge >= 0.3 is 5.97 Å². The number of esters is 1. The molecule has 0 saturated heterocycles. The van der Waals surface area contributed by atoms with Crippen LogP contribution >= 0.6 is 0 Å². The fraction of sp³-hybridized carbons (Fsp3) is 0.0385. The molecule has 0 atom stereocenters. The lowest BCUT2D eigenvalue weighted by atomic mass is 9.95. The van der Waals surface area contributed by atoms with E-state index in [9.17, 15) is 4.79 Å². The first-order chi connectivity index (χ1) is 13.7. The first-order valence-corrected chi connectivity index (χ1v) is 9.32. The maximum Gasteiger partial charge on any atom is 0.343 e. The molecular weight excluding hydrogens is 344 g/mol. The van der Waals surface area contributed by atoms with Crippen LogP contribution in [0.4, 0.5) is 0 Å². The Morgan fingerprint density at radius 1 is 0.786 bits per heavy atom. The van der Waals surface area contributed by atoms with Crippen LogP contribution in [0.1, 0.15) is 16.7 Å². The number of hydrogen-bond donors (Lipinski definition) is 0. The van der Waals surface area contributed by atoms with E-state index in [1.54, 1.807) is 0 Å². The van der Waals surface area contributed by atoms with Crippen molar-refractivity contribution in [1.29, 1.82) is 0 Å². The summed E-state index contributed by atoms with van der Waals surface area (Å²) in [7, 11) is 0. The second-order valence-corrected chi connectivity index (χ2v) is 7.10. The highest BCUT2D eigenvalue weighted by Crippen LogP contribution is 2.33. The molecule has 0 bridgehead atoms. The number of rotatable bonds is 2. The number of benzene rings is 4. The van der Waals surface area contributed by atoms with Crippen molar-refractivity contribution in [1.82, 2.24) is 0 Å². The molecule has 4 aromatic rings. The molecule has 0 unspecified atom stereocenters. The topological polar surface area (TPSA) is 26.3 Å².